The number of rotatable bonds is 3. The third-order valence-electron chi connectivity index (χ3n) is 2.60. The number of carbonyl (C=O) groups is 1. The maximum absolute atomic E-state index is 11.8. The van der Waals surface area contributed by atoms with Gasteiger partial charge in [0, 0.05) is 16.8 Å². The number of benzene rings is 1. The Labute approximate surface area is 103 Å². The lowest BCUT2D eigenvalue weighted by Gasteiger charge is -2.05. The number of carboxylic acids is 1. The summed E-state index contributed by atoms with van der Waals surface area (Å²) in [4.78, 5) is 29.3. The van der Waals surface area contributed by atoms with E-state index in [0.717, 1.165) is 5.56 Å². The standard InChI is InChI=1S/C13H12N2O3/c1-8-10(7-11(16)17)13(18)15-12(14-8)9-5-3-2-4-6-9/h2-6H,7H2,1H3,(H,16,17)(H,14,15,18). The second kappa shape index (κ2) is 4.83. The molecule has 0 aliphatic carbocycles. The van der Waals surface area contributed by atoms with Gasteiger partial charge in [0.25, 0.3) is 5.56 Å². The molecule has 92 valence electrons. The molecule has 5 nitrogen and oxygen atoms in total. The summed E-state index contributed by atoms with van der Waals surface area (Å²) < 4.78 is 0. The molecule has 0 fully saturated rings. The summed E-state index contributed by atoms with van der Waals surface area (Å²) in [5, 5.41) is 8.72. The van der Waals surface area contributed by atoms with Gasteiger partial charge < -0.3 is 10.1 Å². The van der Waals surface area contributed by atoms with Crippen molar-refractivity contribution < 1.29 is 9.90 Å². The minimum atomic E-state index is -1.04. The van der Waals surface area contributed by atoms with E-state index in [2.05, 4.69) is 9.97 Å². The van der Waals surface area contributed by atoms with E-state index in [1.54, 1.807) is 6.92 Å². The van der Waals surface area contributed by atoms with Gasteiger partial charge in [-0.2, -0.15) is 0 Å². The highest BCUT2D eigenvalue weighted by atomic mass is 16.4. The quantitative estimate of drug-likeness (QED) is 0.854. The van der Waals surface area contributed by atoms with E-state index in [0.29, 0.717) is 11.5 Å². The first kappa shape index (κ1) is 12.0. The van der Waals surface area contributed by atoms with Crippen LogP contribution in [0, 0.1) is 6.92 Å². The van der Waals surface area contributed by atoms with E-state index in [9.17, 15) is 9.59 Å². The zero-order valence-corrected chi connectivity index (χ0v) is 9.80. The summed E-state index contributed by atoms with van der Waals surface area (Å²) in [5.74, 6) is -0.593. The van der Waals surface area contributed by atoms with Gasteiger partial charge in [0.2, 0.25) is 0 Å². The van der Waals surface area contributed by atoms with Crippen molar-refractivity contribution in [1.29, 1.82) is 0 Å². The second-order valence-electron chi connectivity index (χ2n) is 3.92. The molecule has 18 heavy (non-hydrogen) atoms. The number of H-pyrrole nitrogens is 1. The van der Waals surface area contributed by atoms with E-state index in [1.807, 2.05) is 30.3 Å². The normalized spacial score (nSPS) is 10.3. The van der Waals surface area contributed by atoms with Crippen LogP contribution in [0.3, 0.4) is 0 Å². The summed E-state index contributed by atoms with van der Waals surface area (Å²) in [7, 11) is 0. The number of hydrogen-bond donors (Lipinski definition) is 2. The first-order valence-corrected chi connectivity index (χ1v) is 5.45. The van der Waals surface area contributed by atoms with Crippen LogP contribution < -0.4 is 5.56 Å². The predicted molar refractivity (Wildman–Crippen MR) is 66.4 cm³/mol. The van der Waals surface area contributed by atoms with Crippen molar-refractivity contribution in [2.75, 3.05) is 0 Å². The number of aryl methyl sites for hydroxylation is 1. The fraction of sp³-hybridized carbons (Fsp3) is 0.154. The number of nitrogens with one attached hydrogen (secondary N) is 1. The molecule has 0 aliphatic heterocycles. The van der Waals surface area contributed by atoms with Crippen molar-refractivity contribution in [2.24, 2.45) is 0 Å². The maximum Gasteiger partial charge on any atom is 0.308 e. The fourth-order valence-electron chi connectivity index (χ4n) is 1.70. The van der Waals surface area contributed by atoms with Gasteiger partial charge in [-0.25, -0.2) is 4.98 Å². The monoisotopic (exact) mass is 244 g/mol. The number of aromatic amines is 1. The Hall–Kier alpha value is -2.43. The molecule has 0 saturated heterocycles. The van der Waals surface area contributed by atoms with E-state index < -0.39 is 11.5 Å². The molecule has 5 heteroatoms. The molecule has 0 radical (unpaired) electrons. The first-order chi connectivity index (χ1) is 8.58. The topological polar surface area (TPSA) is 83.0 Å². The van der Waals surface area contributed by atoms with Crippen LogP contribution in [0.5, 0.6) is 0 Å². The summed E-state index contributed by atoms with van der Waals surface area (Å²) in [5.41, 5.74) is 1.03. The Bertz CT molecular complexity index is 632. The molecule has 0 bridgehead atoms. The van der Waals surface area contributed by atoms with Gasteiger partial charge >= 0.3 is 5.97 Å². The van der Waals surface area contributed by atoms with Crippen molar-refractivity contribution in [3.63, 3.8) is 0 Å². The summed E-state index contributed by atoms with van der Waals surface area (Å²) in [6.07, 6.45) is -0.316. The van der Waals surface area contributed by atoms with Crippen LogP contribution in [0.1, 0.15) is 11.3 Å². The van der Waals surface area contributed by atoms with Crippen molar-refractivity contribution in [3.05, 3.63) is 51.9 Å². The van der Waals surface area contributed by atoms with E-state index >= 15 is 0 Å². The van der Waals surface area contributed by atoms with Gasteiger partial charge in [-0.1, -0.05) is 30.3 Å². The van der Waals surface area contributed by atoms with Crippen molar-refractivity contribution in [1.82, 2.24) is 9.97 Å². The number of carboxylic acid groups (broad SMARTS) is 1. The molecule has 0 amide bonds. The molecule has 1 heterocycles. The third kappa shape index (κ3) is 2.45. The van der Waals surface area contributed by atoms with Gasteiger partial charge in [0.1, 0.15) is 5.82 Å². The molecule has 2 N–H and O–H groups in total. The van der Waals surface area contributed by atoms with Crippen LogP contribution >= 0.6 is 0 Å². The molecule has 1 aromatic heterocycles. The van der Waals surface area contributed by atoms with Crippen LogP contribution in [-0.4, -0.2) is 21.0 Å². The molecule has 2 rings (SSSR count). The van der Waals surface area contributed by atoms with Gasteiger partial charge in [-0.15, -0.1) is 0 Å². The SMILES string of the molecule is Cc1nc(-c2ccccc2)[nH]c(=O)c1CC(=O)O. The molecule has 0 aliphatic rings. The molecular formula is C13H12N2O3. The molecule has 0 spiro atoms. The fourth-order valence-corrected chi connectivity index (χ4v) is 1.70. The zero-order chi connectivity index (χ0) is 13.1. The van der Waals surface area contributed by atoms with E-state index in [-0.39, 0.29) is 12.0 Å². The van der Waals surface area contributed by atoms with Crippen LogP contribution in [0.15, 0.2) is 35.1 Å². The second-order valence-corrected chi connectivity index (χ2v) is 3.92. The average Bonchev–Trinajstić information content (AvgIpc) is 2.34. The van der Waals surface area contributed by atoms with E-state index in [1.165, 1.54) is 0 Å². The average molecular weight is 244 g/mol. The van der Waals surface area contributed by atoms with Gasteiger partial charge in [-0.3, -0.25) is 9.59 Å². The highest BCUT2D eigenvalue weighted by Crippen LogP contribution is 2.13. The smallest absolute Gasteiger partial charge is 0.308 e. The molecule has 0 atom stereocenters. The number of aromatic nitrogens is 2. The largest absolute Gasteiger partial charge is 0.481 e. The summed E-state index contributed by atoms with van der Waals surface area (Å²) in [6, 6.07) is 9.21. The van der Waals surface area contributed by atoms with Gasteiger partial charge in [-0.05, 0) is 6.92 Å². The van der Waals surface area contributed by atoms with Crippen LogP contribution in [-0.2, 0) is 11.2 Å². The lowest BCUT2D eigenvalue weighted by Crippen LogP contribution is -2.20. The Balaban J connectivity index is 2.49. The summed E-state index contributed by atoms with van der Waals surface area (Å²) >= 11 is 0. The molecule has 1 aromatic carbocycles. The number of hydrogen-bond acceptors (Lipinski definition) is 3. The maximum atomic E-state index is 11.8. The Morgan fingerprint density at radius 3 is 2.56 bits per heavy atom. The molecular weight excluding hydrogens is 232 g/mol. The highest BCUT2D eigenvalue weighted by Gasteiger charge is 2.12. The Morgan fingerprint density at radius 1 is 1.33 bits per heavy atom. The van der Waals surface area contributed by atoms with Crippen LogP contribution in [0.4, 0.5) is 0 Å². The summed E-state index contributed by atoms with van der Waals surface area (Å²) in [6.45, 7) is 1.64. The van der Waals surface area contributed by atoms with Crippen LogP contribution in [0.25, 0.3) is 11.4 Å². The molecule has 2 aromatic rings. The number of nitrogens with zero attached hydrogens (tertiary/aromatic N) is 1. The van der Waals surface area contributed by atoms with Crippen molar-refractivity contribution >= 4 is 5.97 Å². The van der Waals surface area contributed by atoms with E-state index in [4.69, 9.17) is 5.11 Å². The first-order valence-electron chi connectivity index (χ1n) is 5.45. The van der Waals surface area contributed by atoms with Gasteiger partial charge in [0.15, 0.2) is 0 Å². The van der Waals surface area contributed by atoms with Gasteiger partial charge in [0.05, 0.1) is 6.42 Å². The molecule has 0 unspecified atom stereocenters. The third-order valence-corrected chi connectivity index (χ3v) is 2.60. The molecule has 0 saturated carbocycles. The zero-order valence-electron chi connectivity index (χ0n) is 9.80. The minimum absolute atomic E-state index is 0.196. The van der Waals surface area contributed by atoms with Crippen molar-refractivity contribution in [3.8, 4) is 11.4 Å². The van der Waals surface area contributed by atoms with Crippen LogP contribution in [0.2, 0.25) is 0 Å². The minimum Gasteiger partial charge on any atom is -0.481 e. The Kier molecular flexibility index (Phi) is 3.23. The lowest BCUT2D eigenvalue weighted by molar-refractivity contribution is -0.136. The highest BCUT2D eigenvalue weighted by molar-refractivity contribution is 5.70. The Morgan fingerprint density at radius 2 is 2.00 bits per heavy atom. The lowest BCUT2D eigenvalue weighted by atomic mass is 10.1. The predicted octanol–water partition coefficient (Wildman–Crippen LogP) is 1.37. The van der Waals surface area contributed by atoms with Crippen molar-refractivity contribution in [2.45, 2.75) is 13.3 Å². The number of aliphatic carboxylic acids is 1.